The molecule has 1 saturated heterocycles. The lowest BCUT2D eigenvalue weighted by molar-refractivity contribution is -0.0875. The van der Waals surface area contributed by atoms with Gasteiger partial charge in [-0.25, -0.2) is 5.01 Å². The monoisotopic (exact) mass is 244 g/mol. The molecule has 2 aliphatic rings. The van der Waals surface area contributed by atoms with Gasteiger partial charge in [-0.15, -0.1) is 0 Å². The third kappa shape index (κ3) is 2.13. The number of nitrogens with zero attached hydrogens (tertiary/aromatic N) is 2. The Morgan fingerprint density at radius 2 is 2.24 bits per heavy atom. The van der Waals surface area contributed by atoms with Crippen LogP contribution < -0.4 is 11.1 Å². The van der Waals surface area contributed by atoms with Gasteiger partial charge < -0.3 is 31.1 Å². The standard InChI is InChI=1S/C9H16N4O4/c1-4-12-6(10)2-11-13(4)9-8(16)7(15)5(3-14)17-9/h2,5-9,12,14-16H,1,3,10H2/t5-,6?,7+,8?,9-/m1/s1. The van der Waals surface area contributed by atoms with Crippen molar-refractivity contribution in [2.75, 3.05) is 6.61 Å². The van der Waals surface area contributed by atoms with E-state index in [9.17, 15) is 10.2 Å². The van der Waals surface area contributed by atoms with Gasteiger partial charge in [-0.1, -0.05) is 6.58 Å². The zero-order valence-electron chi connectivity index (χ0n) is 9.10. The summed E-state index contributed by atoms with van der Waals surface area (Å²) in [4.78, 5) is 0. The van der Waals surface area contributed by atoms with Gasteiger partial charge in [-0.2, -0.15) is 5.10 Å². The lowest BCUT2D eigenvalue weighted by Crippen LogP contribution is -2.51. The van der Waals surface area contributed by atoms with Crippen molar-refractivity contribution >= 4 is 6.21 Å². The minimum atomic E-state index is -1.18. The Balaban J connectivity index is 2.13. The van der Waals surface area contributed by atoms with Gasteiger partial charge in [-0.05, 0) is 0 Å². The van der Waals surface area contributed by atoms with Crippen LogP contribution in [0.25, 0.3) is 0 Å². The summed E-state index contributed by atoms with van der Waals surface area (Å²) in [5, 5.41) is 36.4. The molecule has 5 atom stereocenters. The van der Waals surface area contributed by atoms with E-state index in [1.165, 1.54) is 11.2 Å². The summed E-state index contributed by atoms with van der Waals surface area (Å²) in [6.07, 6.45) is -3.11. The van der Waals surface area contributed by atoms with Crippen LogP contribution in [0.2, 0.25) is 0 Å². The minimum Gasteiger partial charge on any atom is -0.394 e. The van der Waals surface area contributed by atoms with Crippen molar-refractivity contribution in [2.24, 2.45) is 10.8 Å². The Kier molecular flexibility index (Phi) is 3.31. The molecule has 0 aromatic carbocycles. The number of aliphatic hydroxyl groups is 3. The quantitative estimate of drug-likeness (QED) is 0.352. The van der Waals surface area contributed by atoms with Crippen molar-refractivity contribution < 1.29 is 20.1 Å². The Morgan fingerprint density at radius 1 is 1.53 bits per heavy atom. The smallest absolute Gasteiger partial charge is 0.181 e. The highest BCUT2D eigenvalue weighted by Crippen LogP contribution is 2.26. The SMILES string of the molecule is C=C1NC(N)C=NN1[C@@H]1O[C@H](CO)[C@H](O)C1O. The molecule has 1 fully saturated rings. The molecule has 0 amide bonds. The molecular formula is C9H16N4O4. The fourth-order valence-electron chi connectivity index (χ4n) is 1.81. The van der Waals surface area contributed by atoms with Gasteiger partial charge in [0.1, 0.15) is 30.3 Å². The second kappa shape index (κ2) is 4.59. The van der Waals surface area contributed by atoms with E-state index >= 15 is 0 Å². The van der Waals surface area contributed by atoms with Crippen molar-refractivity contribution in [1.29, 1.82) is 0 Å². The number of hydrogen-bond donors (Lipinski definition) is 5. The minimum absolute atomic E-state index is 0.356. The number of hydrazone groups is 1. The van der Waals surface area contributed by atoms with E-state index < -0.39 is 30.7 Å². The molecule has 0 bridgehead atoms. The number of hydrogen-bond acceptors (Lipinski definition) is 8. The van der Waals surface area contributed by atoms with Crippen LogP contribution in [0.1, 0.15) is 0 Å². The molecule has 0 saturated carbocycles. The number of ether oxygens (including phenoxy) is 1. The van der Waals surface area contributed by atoms with E-state index in [0.29, 0.717) is 5.82 Å². The molecule has 0 aromatic heterocycles. The van der Waals surface area contributed by atoms with Crippen molar-refractivity contribution in [3.63, 3.8) is 0 Å². The summed E-state index contributed by atoms with van der Waals surface area (Å²) < 4.78 is 5.30. The van der Waals surface area contributed by atoms with Crippen LogP contribution in [0, 0.1) is 0 Å². The van der Waals surface area contributed by atoms with Crippen LogP contribution in [0.5, 0.6) is 0 Å². The summed E-state index contributed by atoms with van der Waals surface area (Å²) in [5.74, 6) is 0.356. The Hall–Kier alpha value is -1.19. The average molecular weight is 244 g/mol. The second-order valence-corrected chi connectivity index (χ2v) is 3.95. The van der Waals surface area contributed by atoms with Crippen LogP contribution in [0.15, 0.2) is 17.5 Å². The van der Waals surface area contributed by atoms with Crippen LogP contribution in [-0.2, 0) is 4.74 Å². The molecule has 96 valence electrons. The summed E-state index contributed by atoms with van der Waals surface area (Å²) in [6.45, 7) is 3.30. The third-order valence-electron chi connectivity index (χ3n) is 2.72. The number of nitrogens with two attached hydrogens (primary N) is 1. The molecule has 8 nitrogen and oxygen atoms in total. The normalized spacial score (nSPS) is 41.8. The lowest BCUT2D eigenvalue weighted by Gasteiger charge is -2.33. The van der Waals surface area contributed by atoms with Crippen LogP contribution in [0.4, 0.5) is 0 Å². The van der Waals surface area contributed by atoms with E-state index in [0.717, 1.165) is 0 Å². The summed E-state index contributed by atoms with van der Waals surface area (Å²) in [7, 11) is 0. The van der Waals surface area contributed by atoms with E-state index in [1.54, 1.807) is 0 Å². The molecule has 0 aromatic rings. The average Bonchev–Trinajstić information content (AvgIpc) is 2.57. The zero-order chi connectivity index (χ0) is 12.6. The van der Waals surface area contributed by atoms with Crippen LogP contribution in [0.3, 0.4) is 0 Å². The second-order valence-electron chi connectivity index (χ2n) is 3.95. The topological polar surface area (TPSA) is 124 Å². The highest BCUT2D eigenvalue weighted by atomic mass is 16.6. The zero-order valence-corrected chi connectivity index (χ0v) is 9.10. The van der Waals surface area contributed by atoms with Crippen molar-refractivity contribution in [1.82, 2.24) is 10.3 Å². The third-order valence-corrected chi connectivity index (χ3v) is 2.72. The van der Waals surface area contributed by atoms with Gasteiger partial charge in [0.15, 0.2) is 6.23 Å². The van der Waals surface area contributed by atoms with Crippen molar-refractivity contribution in [3.05, 3.63) is 12.4 Å². The number of rotatable bonds is 2. The summed E-state index contributed by atoms with van der Waals surface area (Å²) in [5.41, 5.74) is 5.56. The highest BCUT2D eigenvalue weighted by Gasteiger charge is 2.46. The molecule has 0 spiro atoms. The number of nitrogens with one attached hydrogen (secondary N) is 1. The molecule has 2 rings (SSSR count). The van der Waals surface area contributed by atoms with E-state index in [-0.39, 0.29) is 6.61 Å². The number of aliphatic hydroxyl groups excluding tert-OH is 3. The van der Waals surface area contributed by atoms with Gasteiger partial charge in [0, 0.05) is 0 Å². The Morgan fingerprint density at radius 3 is 2.76 bits per heavy atom. The largest absolute Gasteiger partial charge is 0.394 e. The van der Waals surface area contributed by atoms with Crippen molar-refractivity contribution in [2.45, 2.75) is 30.7 Å². The first-order valence-corrected chi connectivity index (χ1v) is 5.21. The maximum Gasteiger partial charge on any atom is 0.181 e. The van der Waals surface area contributed by atoms with E-state index in [1.807, 2.05) is 0 Å². The maximum atomic E-state index is 9.79. The fraction of sp³-hybridized carbons (Fsp3) is 0.667. The fourth-order valence-corrected chi connectivity index (χ4v) is 1.81. The summed E-state index contributed by atoms with van der Waals surface area (Å²) in [6, 6.07) is 0. The first kappa shape index (κ1) is 12.3. The van der Waals surface area contributed by atoms with Gasteiger partial charge in [0.05, 0.1) is 12.8 Å². The summed E-state index contributed by atoms with van der Waals surface area (Å²) >= 11 is 0. The molecule has 2 aliphatic heterocycles. The molecule has 0 radical (unpaired) electrons. The van der Waals surface area contributed by atoms with Crippen LogP contribution >= 0.6 is 0 Å². The van der Waals surface area contributed by atoms with Gasteiger partial charge in [0.2, 0.25) is 0 Å². The van der Waals surface area contributed by atoms with E-state index in [4.69, 9.17) is 15.6 Å². The Bertz CT molecular complexity index is 337. The highest BCUT2D eigenvalue weighted by molar-refractivity contribution is 5.64. The molecule has 8 heteroatoms. The molecule has 2 unspecified atom stereocenters. The Labute approximate surface area is 98.0 Å². The molecular weight excluding hydrogens is 228 g/mol. The van der Waals surface area contributed by atoms with E-state index in [2.05, 4.69) is 17.0 Å². The van der Waals surface area contributed by atoms with Gasteiger partial charge in [-0.3, -0.25) is 0 Å². The first-order valence-electron chi connectivity index (χ1n) is 5.21. The lowest BCUT2D eigenvalue weighted by atomic mass is 10.1. The van der Waals surface area contributed by atoms with Gasteiger partial charge >= 0.3 is 0 Å². The maximum absolute atomic E-state index is 9.79. The van der Waals surface area contributed by atoms with Crippen LogP contribution in [-0.4, -0.2) is 63.9 Å². The predicted octanol–water partition coefficient (Wildman–Crippen LogP) is -2.93. The first-order chi connectivity index (χ1) is 8.04. The molecule has 6 N–H and O–H groups in total. The van der Waals surface area contributed by atoms with Crippen molar-refractivity contribution in [3.8, 4) is 0 Å². The predicted molar refractivity (Wildman–Crippen MR) is 58.3 cm³/mol. The molecule has 17 heavy (non-hydrogen) atoms. The molecule has 0 aliphatic carbocycles. The molecule has 2 heterocycles. The van der Waals surface area contributed by atoms with Gasteiger partial charge in [0.25, 0.3) is 0 Å².